The molecule has 0 bridgehead atoms. The van der Waals surface area contributed by atoms with Crippen molar-refractivity contribution in [2.24, 2.45) is 5.73 Å². The summed E-state index contributed by atoms with van der Waals surface area (Å²) in [6.45, 7) is 2.80. The molecule has 1 aromatic carbocycles. The van der Waals surface area contributed by atoms with E-state index in [9.17, 15) is 0 Å². The molecule has 5 heteroatoms. The first-order chi connectivity index (χ1) is 9.10. The van der Waals surface area contributed by atoms with Gasteiger partial charge in [-0.1, -0.05) is 18.5 Å². The van der Waals surface area contributed by atoms with Crippen LogP contribution in [-0.4, -0.2) is 27.9 Å². The standard InChI is InChI=1S/C14H22ClNO3/c1-9(6-5-7-16)10-8-11(15)13(18-3)14(19-4)12(10)17-2/h8-9H,5-7,16H2,1-4H3. The molecule has 1 aromatic rings. The Morgan fingerprint density at radius 2 is 1.68 bits per heavy atom. The summed E-state index contributed by atoms with van der Waals surface area (Å²) in [6, 6.07) is 1.88. The van der Waals surface area contributed by atoms with E-state index in [0.717, 1.165) is 18.4 Å². The van der Waals surface area contributed by atoms with Crippen molar-refractivity contribution < 1.29 is 14.2 Å². The molecule has 1 rings (SSSR count). The van der Waals surface area contributed by atoms with E-state index >= 15 is 0 Å². The van der Waals surface area contributed by atoms with Crippen molar-refractivity contribution in [3.05, 3.63) is 16.7 Å². The zero-order valence-corrected chi connectivity index (χ0v) is 12.7. The minimum Gasteiger partial charge on any atom is -0.492 e. The molecule has 0 aliphatic rings. The van der Waals surface area contributed by atoms with E-state index in [1.807, 2.05) is 6.07 Å². The van der Waals surface area contributed by atoms with Gasteiger partial charge in [0.15, 0.2) is 11.5 Å². The van der Waals surface area contributed by atoms with Crippen LogP contribution >= 0.6 is 11.6 Å². The number of ether oxygens (including phenoxy) is 3. The van der Waals surface area contributed by atoms with Crippen molar-refractivity contribution in [2.75, 3.05) is 27.9 Å². The molecule has 0 radical (unpaired) electrons. The SMILES string of the molecule is COc1c(Cl)cc(C(C)CCCN)c(OC)c1OC. The van der Waals surface area contributed by atoms with Crippen LogP contribution in [0.2, 0.25) is 5.02 Å². The minimum absolute atomic E-state index is 0.288. The maximum absolute atomic E-state index is 6.24. The largest absolute Gasteiger partial charge is 0.492 e. The lowest BCUT2D eigenvalue weighted by Crippen LogP contribution is -2.05. The van der Waals surface area contributed by atoms with E-state index < -0.39 is 0 Å². The van der Waals surface area contributed by atoms with Gasteiger partial charge in [-0.2, -0.15) is 0 Å². The van der Waals surface area contributed by atoms with Crippen molar-refractivity contribution in [3.63, 3.8) is 0 Å². The predicted molar refractivity (Wildman–Crippen MR) is 77.8 cm³/mol. The van der Waals surface area contributed by atoms with Gasteiger partial charge in [0.25, 0.3) is 0 Å². The number of hydrogen-bond acceptors (Lipinski definition) is 4. The molecule has 0 amide bonds. The molecule has 1 unspecified atom stereocenters. The van der Waals surface area contributed by atoms with Gasteiger partial charge in [-0.05, 0) is 31.4 Å². The molecule has 108 valence electrons. The van der Waals surface area contributed by atoms with Gasteiger partial charge in [0, 0.05) is 5.56 Å². The molecular weight excluding hydrogens is 266 g/mol. The van der Waals surface area contributed by atoms with E-state index in [2.05, 4.69) is 6.92 Å². The first kappa shape index (κ1) is 15.9. The fourth-order valence-electron chi connectivity index (χ4n) is 2.14. The zero-order valence-electron chi connectivity index (χ0n) is 12.0. The van der Waals surface area contributed by atoms with Gasteiger partial charge in [-0.25, -0.2) is 0 Å². The summed E-state index contributed by atoms with van der Waals surface area (Å²) < 4.78 is 16.1. The maximum Gasteiger partial charge on any atom is 0.205 e. The third-order valence-electron chi connectivity index (χ3n) is 3.16. The molecule has 0 aromatic heterocycles. The summed E-state index contributed by atoms with van der Waals surface area (Å²) in [5.41, 5.74) is 6.57. The highest BCUT2D eigenvalue weighted by molar-refractivity contribution is 6.32. The van der Waals surface area contributed by atoms with Crippen LogP contribution in [0.1, 0.15) is 31.2 Å². The van der Waals surface area contributed by atoms with Gasteiger partial charge in [-0.15, -0.1) is 0 Å². The molecule has 0 saturated heterocycles. The van der Waals surface area contributed by atoms with Crippen molar-refractivity contribution in [1.82, 2.24) is 0 Å². The predicted octanol–water partition coefficient (Wildman–Crippen LogP) is 3.21. The molecule has 1 atom stereocenters. The smallest absolute Gasteiger partial charge is 0.205 e. The second-order valence-electron chi connectivity index (χ2n) is 4.38. The number of halogens is 1. The van der Waals surface area contributed by atoms with E-state index in [1.165, 1.54) is 0 Å². The zero-order chi connectivity index (χ0) is 14.4. The van der Waals surface area contributed by atoms with Crippen molar-refractivity contribution in [3.8, 4) is 17.2 Å². The molecule has 0 fully saturated rings. The molecule has 0 saturated carbocycles. The Hall–Kier alpha value is -1.13. The van der Waals surface area contributed by atoms with Gasteiger partial charge in [-0.3, -0.25) is 0 Å². The highest BCUT2D eigenvalue weighted by Crippen LogP contribution is 2.47. The third-order valence-corrected chi connectivity index (χ3v) is 3.44. The number of hydrogen-bond donors (Lipinski definition) is 1. The van der Waals surface area contributed by atoms with E-state index in [-0.39, 0.29) is 5.92 Å². The number of rotatable bonds is 7. The third kappa shape index (κ3) is 3.45. The van der Waals surface area contributed by atoms with Crippen LogP contribution in [0.3, 0.4) is 0 Å². The van der Waals surface area contributed by atoms with Crippen LogP contribution in [-0.2, 0) is 0 Å². The van der Waals surface area contributed by atoms with Crippen LogP contribution in [0, 0.1) is 0 Å². The van der Waals surface area contributed by atoms with Crippen molar-refractivity contribution >= 4 is 11.6 Å². The van der Waals surface area contributed by atoms with E-state index in [4.69, 9.17) is 31.5 Å². The Morgan fingerprint density at radius 1 is 1.11 bits per heavy atom. The highest BCUT2D eigenvalue weighted by atomic mass is 35.5. The molecule has 4 nitrogen and oxygen atoms in total. The summed E-state index contributed by atoms with van der Waals surface area (Å²) >= 11 is 6.24. The average molecular weight is 288 g/mol. The lowest BCUT2D eigenvalue weighted by Gasteiger charge is -2.20. The number of nitrogens with two attached hydrogens (primary N) is 1. The molecule has 0 spiro atoms. The lowest BCUT2D eigenvalue weighted by molar-refractivity contribution is 0.320. The topological polar surface area (TPSA) is 53.7 Å². The molecule has 0 aliphatic carbocycles. The Labute approximate surface area is 119 Å². The summed E-state index contributed by atoms with van der Waals surface area (Å²) in [6.07, 6.45) is 1.93. The second-order valence-corrected chi connectivity index (χ2v) is 4.79. The monoisotopic (exact) mass is 287 g/mol. The molecule has 0 heterocycles. The van der Waals surface area contributed by atoms with Crippen molar-refractivity contribution in [2.45, 2.75) is 25.7 Å². The Kier molecular flexibility index (Phi) is 6.25. The second kappa shape index (κ2) is 7.46. The van der Waals surface area contributed by atoms with Gasteiger partial charge >= 0.3 is 0 Å². The summed E-state index contributed by atoms with van der Waals surface area (Å²) in [7, 11) is 4.75. The first-order valence-corrected chi connectivity index (χ1v) is 6.66. The summed E-state index contributed by atoms with van der Waals surface area (Å²) in [5, 5.41) is 0.523. The van der Waals surface area contributed by atoms with Gasteiger partial charge in [0.1, 0.15) is 0 Å². The average Bonchev–Trinajstić information content (AvgIpc) is 2.43. The Balaban J connectivity index is 3.27. The quantitative estimate of drug-likeness (QED) is 0.837. The number of benzene rings is 1. The van der Waals surface area contributed by atoms with E-state index in [1.54, 1.807) is 21.3 Å². The lowest BCUT2D eigenvalue weighted by atomic mass is 9.94. The molecule has 2 N–H and O–H groups in total. The molecular formula is C14H22ClNO3. The van der Waals surface area contributed by atoms with Gasteiger partial charge in [0.2, 0.25) is 5.75 Å². The normalized spacial score (nSPS) is 12.1. The summed E-state index contributed by atoms with van der Waals surface area (Å²) in [4.78, 5) is 0. The first-order valence-electron chi connectivity index (χ1n) is 6.29. The summed E-state index contributed by atoms with van der Waals surface area (Å²) in [5.74, 6) is 1.99. The Morgan fingerprint density at radius 3 is 2.16 bits per heavy atom. The number of methoxy groups -OCH3 is 3. The molecule has 19 heavy (non-hydrogen) atoms. The van der Waals surface area contributed by atoms with Gasteiger partial charge in [0.05, 0.1) is 26.4 Å². The fraction of sp³-hybridized carbons (Fsp3) is 0.571. The Bertz CT molecular complexity index is 424. The highest BCUT2D eigenvalue weighted by Gasteiger charge is 2.22. The fourth-order valence-corrected chi connectivity index (χ4v) is 2.42. The van der Waals surface area contributed by atoms with Crippen LogP contribution in [0.15, 0.2) is 6.07 Å². The van der Waals surface area contributed by atoms with Crippen LogP contribution in [0.5, 0.6) is 17.2 Å². The van der Waals surface area contributed by atoms with Gasteiger partial charge < -0.3 is 19.9 Å². The minimum atomic E-state index is 0.288. The van der Waals surface area contributed by atoms with Crippen LogP contribution in [0.4, 0.5) is 0 Å². The van der Waals surface area contributed by atoms with Crippen LogP contribution in [0.25, 0.3) is 0 Å². The van der Waals surface area contributed by atoms with Crippen molar-refractivity contribution in [1.29, 1.82) is 0 Å². The van der Waals surface area contributed by atoms with E-state index in [0.29, 0.717) is 28.8 Å². The van der Waals surface area contributed by atoms with Crippen LogP contribution < -0.4 is 19.9 Å². The maximum atomic E-state index is 6.24. The molecule has 0 aliphatic heterocycles.